The van der Waals surface area contributed by atoms with Crippen molar-refractivity contribution < 1.29 is 9.47 Å². The minimum atomic E-state index is -0.138. The molecule has 2 aliphatic heterocycles. The van der Waals surface area contributed by atoms with Crippen molar-refractivity contribution in [1.29, 1.82) is 0 Å². The molecule has 0 radical (unpaired) electrons. The van der Waals surface area contributed by atoms with Crippen LogP contribution < -0.4 is 15.4 Å². The lowest BCUT2D eigenvalue weighted by molar-refractivity contribution is 0.0625. The van der Waals surface area contributed by atoms with Crippen LogP contribution >= 0.6 is 0 Å². The number of ether oxygens (including phenoxy) is 2. The van der Waals surface area contributed by atoms with Crippen molar-refractivity contribution in [3.8, 4) is 5.75 Å². The van der Waals surface area contributed by atoms with Gasteiger partial charge in [0.05, 0.1) is 18.3 Å². The van der Waals surface area contributed by atoms with E-state index in [9.17, 15) is 0 Å². The molecule has 0 amide bonds. The highest BCUT2D eigenvalue weighted by molar-refractivity contribution is 5.94. The van der Waals surface area contributed by atoms with Crippen LogP contribution in [-0.2, 0) is 11.3 Å². The van der Waals surface area contributed by atoms with Crippen LogP contribution in [-0.4, -0.2) is 31.7 Å². The summed E-state index contributed by atoms with van der Waals surface area (Å²) >= 11 is 0. The summed E-state index contributed by atoms with van der Waals surface area (Å²) in [7, 11) is 1.70. The first-order valence-electron chi connectivity index (χ1n) is 9.42. The molecule has 1 atom stereocenters. The van der Waals surface area contributed by atoms with Crippen molar-refractivity contribution in [2.24, 2.45) is 10.9 Å². The number of nitrogens with zero attached hydrogens (tertiary/aromatic N) is 1. The van der Waals surface area contributed by atoms with Gasteiger partial charge >= 0.3 is 0 Å². The van der Waals surface area contributed by atoms with Crippen LogP contribution in [0.25, 0.3) is 0 Å². The Morgan fingerprint density at radius 2 is 2.19 bits per heavy atom. The number of aliphatic imine (C=N–C) groups is 1. The molecular weight excluding hydrogens is 326 g/mol. The number of rotatable bonds is 3. The third-order valence-corrected chi connectivity index (χ3v) is 5.43. The van der Waals surface area contributed by atoms with Crippen molar-refractivity contribution in [2.45, 2.75) is 38.3 Å². The summed E-state index contributed by atoms with van der Waals surface area (Å²) in [4.78, 5) is 5.02. The smallest absolute Gasteiger partial charge is 0.129 e. The standard InChI is InChI=1S/C21H27N3O2/c1-15-6-7-18-19(12-15)24-21(8-10-26-11-9-21)20(23-18)22-14-16-4-3-5-17(13-16)25-2/h3-7,13,15,24H,8-12,14H2,1-2H3,(H,22,23). The molecule has 1 aliphatic carbocycles. The van der Waals surface area contributed by atoms with E-state index < -0.39 is 0 Å². The summed E-state index contributed by atoms with van der Waals surface area (Å²) in [6.07, 6.45) is 7.29. The fraction of sp³-hybridized carbons (Fsp3) is 0.476. The van der Waals surface area contributed by atoms with Crippen LogP contribution in [0.1, 0.15) is 31.7 Å². The maximum atomic E-state index is 5.63. The summed E-state index contributed by atoms with van der Waals surface area (Å²) in [5, 5.41) is 7.44. The van der Waals surface area contributed by atoms with Crippen molar-refractivity contribution in [3.63, 3.8) is 0 Å². The zero-order chi connectivity index (χ0) is 18.0. The predicted molar refractivity (Wildman–Crippen MR) is 103 cm³/mol. The molecule has 5 nitrogen and oxygen atoms in total. The number of hydrogen-bond donors (Lipinski definition) is 2. The number of nitrogens with one attached hydrogen (secondary N) is 2. The highest BCUT2D eigenvalue weighted by Gasteiger charge is 2.41. The SMILES string of the molecule is COc1cccc(CNC2=NC3=C(CC(C)C=C3)NC23CCOCC3)c1. The second kappa shape index (κ2) is 7.16. The van der Waals surface area contributed by atoms with Crippen LogP contribution in [0.4, 0.5) is 0 Å². The van der Waals surface area contributed by atoms with Crippen molar-refractivity contribution in [1.82, 2.24) is 10.6 Å². The van der Waals surface area contributed by atoms with E-state index in [1.165, 1.54) is 11.3 Å². The molecule has 5 heteroatoms. The van der Waals surface area contributed by atoms with E-state index in [2.05, 4.69) is 41.8 Å². The molecule has 3 aliphatic rings. The van der Waals surface area contributed by atoms with Gasteiger partial charge in [0.1, 0.15) is 11.6 Å². The number of benzene rings is 1. The third kappa shape index (κ3) is 3.36. The average molecular weight is 353 g/mol. The molecule has 2 heterocycles. The molecule has 0 bridgehead atoms. The van der Waals surface area contributed by atoms with Gasteiger partial charge in [0.25, 0.3) is 0 Å². The second-order valence-corrected chi connectivity index (χ2v) is 7.39. The molecule has 26 heavy (non-hydrogen) atoms. The number of hydrogen-bond acceptors (Lipinski definition) is 5. The van der Waals surface area contributed by atoms with Crippen molar-refractivity contribution >= 4 is 5.84 Å². The van der Waals surface area contributed by atoms with Crippen LogP contribution in [0, 0.1) is 5.92 Å². The van der Waals surface area contributed by atoms with E-state index in [0.717, 1.165) is 56.3 Å². The molecule has 1 spiro atoms. The lowest BCUT2D eigenvalue weighted by Crippen LogP contribution is -2.61. The largest absolute Gasteiger partial charge is 0.497 e. The van der Waals surface area contributed by atoms with E-state index >= 15 is 0 Å². The Bertz CT molecular complexity index is 760. The topological polar surface area (TPSA) is 54.9 Å². The quantitative estimate of drug-likeness (QED) is 0.877. The van der Waals surface area contributed by atoms with E-state index in [1.807, 2.05) is 12.1 Å². The number of allylic oxidation sites excluding steroid dienone is 3. The molecule has 1 aromatic carbocycles. The molecule has 2 N–H and O–H groups in total. The van der Waals surface area contributed by atoms with E-state index in [-0.39, 0.29) is 5.54 Å². The maximum Gasteiger partial charge on any atom is 0.129 e. The fourth-order valence-corrected chi connectivity index (χ4v) is 3.90. The van der Waals surface area contributed by atoms with Gasteiger partial charge in [-0.1, -0.05) is 25.1 Å². The zero-order valence-electron chi connectivity index (χ0n) is 15.5. The molecule has 1 unspecified atom stereocenters. The highest BCUT2D eigenvalue weighted by atomic mass is 16.5. The van der Waals surface area contributed by atoms with E-state index in [4.69, 9.17) is 14.5 Å². The third-order valence-electron chi connectivity index (χ3n) is 5.43. The normalized spacial score (nSPS) is 23.9. The molecule has 0 aromatic heterocycles. The Hall–Kier alpha value is -2.27. The van der Waals surface area contributed by atoms with Crippen LogP contribution in [0.5, 0.6) is 5.75 Å². The van der Waals surface area contributed by atoms with Gasteiger partial charge in [-0.15, -0.1) is 0 Å². The monoisotopic (exact) mass is 353 g/mol. The Morgan fingerprint density at radius 3 is 3.00 bits per heavy atom. The van der Waals surface area contributed by atoms with Gasteiger partial charge in [0, 0.05) is 38.3 Å². The van der Waals surface area contributed by atoms with Crippen LogP contribution in [0.3, 0.4) is 0 Å². The molecule has 1 saturated heterocycles. The Morgan fingerprint density at radius 1 is 1.35 bits per heavy atom. The predicted octanol–water partition coefficient (Wildman–Crippen LogP) is 3.14. The van der Waals surface area contributed by atoms with Gasteiger partial charge in [-0.3, -0.25) is 0 Å². The van der Waals surface area contributed by atoms with Crippen molar-refractivity contribution in [3.05, 3.63) is 53.4 Å². The Labute approximate surface area is 155 Å². The lowest BCUT2D eigenvalue weighted by Gasteiger charge is -2.44. The van der Waals surface area contributed by atoms with Gasteiger partial charge < -0.3 is 20.1 Å². The summed E-state index contributed by atoms with van der Waals surface area (Å²) < 4.78 is 11.0. The molecule has 1 aromatic rings. The summed E-state index contributed by atoms with van der Waals surface area (Å²) in [6, 6.07) is 8.16. The Balaban J connectivity index is 1.58. The summed E-state index contributed by atoms with van der Waals surface area (Å²) in [5.41, 5.74) is 3.38. The Kier molecular flexibility index (Phi) is 4.72. The zero-order valence-corrected chi connectivity index (χ0v) is 15.5. The van der Waals surface area contributed by atoms with Crippen molar-refractivity contribution in [2.75, 3.05) is 20.3 Å². The molecule has 1 fully saturated rings. The summed E-state index contributed by atoms with van der Waals surface area (Å²) in [6.45, 7) is 4.50. The summed E-state index contributed by atoms with van der Waals surface area (Å²) in [5.74, 6) is 2.46. The number of amidine groups is 1. The van der Waals surface area contributed by atoms with Gasteiger partial charge in [-0.25, -0.2) is 4.99 Å². The molecule has 0 saturated carbocycles. The first-order chi connectivity index (χ1) is 12.7. The average Bonchev–Trinajstić information content (AvgIpc) is 2.67. The van der Waals surface area contributed by atoms with Crippen LogP contribution in [0.2, 0.25) is 0 Å². The first-order valence-corrected chi connectivity index (χ1v) is 9.42. The van der Waals surface area contributed by atoms with Crippen LogP contribution in [0.15, 0.2) is 52.8 Å². The highest BCUT2D eigenvalue weighted by Crippen LogP contribution is 2.33. The van der Waals surface area contributed by atoms with E-state index in [1.54, 1.807) is 7.11 Å². The molecular formula is C21H27N3O2. The van der Waals surface area contributed by atoms with E-state index in [0.29, 0.717) is 5.92 Å². The second-order valence-electron chi connectivity index (χ2n) is 7.39. The molecule has 4 rings (SSSR count). The molecule has 138 valence electrons. The lowest BCUT2D eigenvalue weighted by atomic mass is 9.84. The fourth-order valence-electron chi connectivity index (χ4n) is 3.90. The number of methoxy groups -OCH3 is 1. The maximum absolute atomic E-state index is 5.63. The van der Waals surface area contributed by atoms with Gasteiger partial charge in [0.2, 0.25) is 0 Å². The van der Waals surface area contributed by atoms with Gasteiger partial charge in [-0.2, -0.15) is 0 Å². The minimum absolute atomic E-state index is 0.138. The van der Waals surface area contributed by atoms with Gasteiger partial charge in [0.15, 0.2) is 0 Å². The van der Waals surface area contributed by atoms with Gasteiger partial charge in [-0.05, 0) is 36.1 Å². The first kappa shape index (κ1) is 17.2. The minimum Gasteiger partial charge on any atom is -0.497 e.